The predicted octanol–water partition coefficient (Wildman–Crippen LogP) is 1.52. The number of hydrogen-bond donors (Lipinski definition) is 3. The van der Waals surface area contributed by atoms with Crippen LogP contribution in [0.2, 0.25) is 0 Å². The summed E-state index contributed by atoms with van der Waals surface area (Å²) in [6, 6.07) is 8.34. The molecule has 3 nitrogen and oxygen atoms in total. The van der Waals surface area contributed by atoms with Gasteiger partial charge in [0.15, 0.2) is 0 Å². The first-order valence-corrected chi connectivity index (χ1v) is 5.91. The van der Waals surface area contributed by atoms with Crippen LogP contribution in [0.25, 0.3) is 0 Å². The van der Waals surface area contributed by atoms with E-state index in [0.717, 1.165) is 31.6 Å². The molecule has 1 saturated heterocycles. The molecule has 1 heterocycles. The van der Waals surface area contributed by atoms with Crippen LogP contribution in [-0.4, -0.2) is 30.3 Å². The molecular formula is C13H20N2O. The zero-order valence-corrected chi connectivity index (χ0v) is 9.79. The van der Waals surface area contributed by atoms with Crippen molar-refractivity contribution in [2.24, 2.45) is 0 Å². The molecule has 0 amide bonds. The second-order valence-electron chi connectivity index (χ2n) is 4.68. The molecule has 2 rings (SSSR count). The number of aliphatic hydroxyl groups is 1. The van der Waals surface area contributed by atoms with Crippen molar-refractivity contribution >= 4 is 5.69 Å². The molecule has 0 spiro atoms. The zero-order chi connectivity index (χ0) is 11.4. The second kappa shape index (κ2) is 4.85. The van der Waals surface area contributed by atoms with Crippen LogP contribution in [0.4, 0.5) is 5.69 Å². The number of benzene rings is 1. The highest BCUT2D eigenvalue weighted by atomic mass is 16.3. The summed E-state index contributed by atoms with van der Waals surface area (Å²) in [7, 11) is 0. The molecule has 0 bridgehead atoms. The van der Waals surface area contributed by atoms with Crippen LogP contribution in [0.1, 0.15) is 18.4 Å². The van der Waals surface area contributed by atoms with Crippen LogP contribution in [0, 0.1) is 6.92 Å². The zero-order valence-electron chi connectivity index (χ0n) is 9.79. The van der Waals surface area contributed by atoms with E-state index in [1.807, 2.05) is 0 Å². The number of anilines is 1. The van der Waals surface area contributed by atoms with E-state index in [2.05, 4.69) is 41.8 Å². The number of aryl methyl sites for hydroxylation is 1. The lowest BCUT2D eigenvalue weighted by Crippen LogP contribution is -2.50. The molecule has 1 aliphatic heterocycles. The second-order valence-corrected chi connectivity index (χ2v) is 4.68. The predicted molar refractivity (Wildman–Crippen MR) is 66.7 cm³/mol. The van der Waals surface area contributed by atoms with E-state index in [1.54, 1.807) is 0 Å². The quantitative estimate of drug-likeness (QED) is 0.723. The van der Waals surface area contributed by atoms with Crippen LogP contribution in [-0.2, 0) is 0 Å². The lowest BCUT2D eigenvalue weighted by molar-refractivity contribution is 0.179. The minimum absolute atomic E-state index is 0.138. The van der Waals surface area contributed by atoms with Gasteiger partial charge in [-0.1, -0.05) is 17.7 Å². The van der Waals surface area contributed by atoms with E-state index in [-0.39, 0.29) is 12.1 Å². The standard InChI is InChI=1S/C13H20N2O/c1-11-2-4-12(5-3-11)15-13(10-16)6-8-14-9-7-13/h2-5,14-16H,6-10H2,1H3. The number of hydrogen-bond acceptors (Lipinski definition) is 3. The van der Waals surface area contributed by atoms with E-state index in [9.17, 15) is 5.11 Å². The largest absolute Gasteiger partial charge is 0.394 e. The summed E-state index contributed by atoms with van der Waals surface area (Å²) >= 11 is 0. The Labute approximate surface area is 96.9 Å². The van der Waals surface area contributed by atoms with Crippen molar-refractivity contribution in [3.63, 3.8) is 0 Å². The molecule has 3 N–H and O–H groups in total. The van der Waals surface area contributed by atoms with Gasteiger partial charge in [0, 0.05) is 5.69 Å². The van der Waals surface area contributed by atoms with Crippen molar-refractivity contribution in [3.05, 3.63) is 29.8 Å². The molecule has 1 aromatic carbocycles. The van der Waals surface area contributed by atoms with E-state index in [4.69, 9.17) is 0 Å². The molecular weight excluding hydrogens is 200 g/mol. The Morgan fingerprint density at radius 1 is 1.25 bits per heavy atom. The van der Waals surface area contributed by atoms with E-state index < -0.39 is 0 Å². The maximum Gasteiger partial charge on any atom is 0.0662 e. The highest BCUT2D eigenvalue weighted by Crippen LogP contribution is 2.24. The van der Waals surface area contributed by atoms with Gasteiger partial charge in [-0.05, 0) is 45.0 Å². The van der Waals surface area contributed by atoms with Crippen LogP contribution in [0.15, 0.2) is 24.3 Å². The molecule has 1 aliphatic rings. The minimum Gasteiger partial charge on any atom is -0.394 e. The number of piperidine rings is 1. The van der Waals surface area contributed by atoms with Crippen LogP contribution >= 0.6 is 0 Å². The third kappa shape index (κ3) is 2.54. The monoisotopic (exact) mass is 220 g/mol. The summed E-state index contributed by atoms with van der Waals surface area (Å²) < 4.78 is 0. The fourth-order valence-electron chi connectivity index (χ4n) is 2.17. The molecule has 0 saturated carbocycles. The van der Waals surface area contributed by atoms with Crippen LogP contribution in [0.5, 0.6) is 0 Å². The molecule has 16 heavy (non-hydrogen) atoms. The molecule has 0 aromatic heterocycles. The van der Waals surface area contributed by atoms with Gasteiger partial charge in [-0.15, -0.1) is 0 Å². The third-order valence-electron chi connectivity index (χ3n) is 3.32. The Morgan fingerprint density at radius 3 is 2.44 bits per heavy atom. The van der Waals surface area contributed by atoms with Crippen LogP contribution in [0.3, 0.4) is 0 Å². The van der Waals surface area contributed by atoms with Gasteiger partial charge in [0.1, 0.15) is 0 Å². The Bertz CT molecular complexity index is 328. The fraction of sp³-hybridized carbons (Fsp3) is 0.538. The highest BCUT2D eigenvalue weighted by Gasteiger charge is 2.30. The van der Waals surface area contributed by atoms with E-state index in [0.29, 0.717) is 0 Å². The van der Waals surface area contributed by atoms with Crippen molar-refractivity contribution < 1.29 is 5.11 Å². The summed E-state index contributed by atoms with van der Waals surface area (Å²) in [6.07, 6.45) is 1.94. The van der Waals surface area contributed by atoms with Crippen molar-refractivity contribution in [2.75, 3.05) is 25.0 Å². The molecule has 0 atom stereocenters. The maximum absolute atomic E-state index is 9.57. The van der Waals surface area contributed by atoms with Crippen LogP contribution < -0.4 is 10.6 Å². The Balaban J connectivity index is 2.08. The van der Waals surface area contributed by atoms with Gasteiger partial charge in [0.05, 0.1) is 12.1 Å². The molecule has 1 fully saturated rings. The molecule has 3 heteroatoms. The SMILES string of the molecule is Cc1ccc(NC2(CO)CCNCC2)cc1. The van der Waals surface area contributed by atoms with Crippen molar-refractivity contribution in [3.8, 4) is 0 Å². The van der Waals surface area contributed by atoms with Crippen molar-refractivity contribution in [1.29, 1.82) is 0 Å². The van der Waals surface area contributed by atoms with Gasteiger partial charge in [-0.2, -0.15) is 0 Å². The third-order valence-corrected chi connectivity index (χ3v) is 3.32. The first-order chi connectivity index (χ1) is 7.74. The summed E-state index contributed by atoms with van der Waals surface area (Å²) in [5.74, 6) is 0. The Hall–Kier alpha value is -1.06. The first kappa shape index (κ1) is 11.4. The number of rotatable bonds is 3. The fourth-order valence-corrected chi connectivity index (χ4v) is 2.17. The molecule has 88 valence electrons. The lowest BCUT2D eigenvalue weighted by Gasteiger charge is -2.37. The summed E-state index contributed by atoms with van der Waals surface area (Å²) in [5.41, 5.74) is 2.22. The van der Waals surface area contributed by atoms with E-state index in [1.165, 1.54) is 5.56 Å². The average Bonchev–Trinajstić information content (AvgIpc) is 2.33. The Kier molecular flexibility index (Phi) is 3.46. The van der Waals surface area contributed by atoms with Gasteiger partial charge in [-0.25, -0.2) is 0 Å². The first-order valence-electron chi connectivity index (χ1n) is 5.91. The highest BCUT2D eigenvalue weighted by molar-refractivity contribution is 5.47. The molecule has 0 radical (unpaired) electrons. The smallest absolute Gasteiger partial charge is 0.0662 e. The van der Waals surface area contributed by atoms with Crippen molar-refractivity contribution in [1.82, 2.24) is 5.32 Å². The maximum atomic E-state index is 9.57. The summed E-state index contributed by atoms with van der Waals surface area (Å²) in [6.45, 7) is 4.22. The summed E-state index contributed by atoms with van der Waals surface area (Å²) in [5, 5.41) is 16.4. The Morgan fingerprint density at radius 2 is 1.88 bits per heavy atom. The van der Waals surface area contributed by atoms with Gasteiger partial charge in [-0.3, -0.25) is 0 Å². The van der Waals surface area contributed by atoms with Gasteiger partial charge in [0.25, 0.3) is 0 Å². The summed E-state index contributed by atoms with van der Waals surface area (Å²) in [4.78, 5) is 0. The van der Waals surface area contributed by atoms with E-state index >= 15 is 0 Å². The van der Waals surface area contributed by atoms with Gasteiger partial charge >= 0.3 is 0 Å². The minimum atomic E-state index is -0.138. The number of nitrogens with one attached hydrogen (secondary N) is 2. The molecule has 1 aromatic rings. The topological polar surface area (TPSA) is 44.3 Å². The van der Waals surface area contributed by atoms with Gasteiger partial charge < -0.3 is 15.7 Å². The lowest BCUT2D eigenvalue weighted by atomic mass is 9.89. The normalized spacial score (nSPS) is 19.4. The van der Waals surface area contributed by atoms with Crippen molar-refractivity contribution in [2.45, 2.75) is 25.3 Å². The number of aliphatic hydroxyl groups excluding tert-OH is 1. The average molecular weight is 220 g/mol. The molecule has 0 unspecified atom stereocenters. The van der Waals surface area contributed by atoms with Gasteiger partial charge in [0.2, 0.25) is 0 Å². The molecule has 0 aliphatic carbocycles.